The van der Waals surface area contributed by atoms with Gasteiger partial charge in [0.05, 0.1) is 17.0 Å². The van der Waals surface area contributed by atoms with E-state index in [-0.39, 0.29) is 16.2 Å². The highest BCUT2D eigenvalue weighted by molar-refractivity contribution is 7.16. The molecule has 2 aromatic carbocycles. The Kier molecular flexibility index (Phi) is 3.48. The van der Waals surface area contributed by atoms with E-state index in [1.165, 1.54) is 11.3 Å². The van der Waals surface area contributed by atoms with E-state index in [2.05, 4.69) is 9.97 Å². The molecule has 5 nitrogen and oxygen atoms in total. The topological polar surface area (TPSA) is 72.0 Å². The maximum absolute atomic E-state index is 13.1. The molecule has 0 amide bonds. The van der Waals surface area contributed by atoms with Gasteiger partial charge in [-0.1, -0.05) is 53.8 Å². The highest BCUT2D eigenvalue weighted by atomic mass is 32.1. The summed E-state index contributed by atoms with van der Waals surface area (Å²) in [5, 5.41) is 0.850. The van der Waals surface area contributed by atoms with E-state index in [1.807, 2.05) is 54.6 Å². The van der Waals surface area contributed by atoms with Crippen molar-refractivity contribution in [3.63, 3.8) is 0 Å². The van der Waals surface area contributed by atoms with Crippen molar-refractivity contribution in [3.05, 3.63) is 97.0 Å². The van der Waals surface area contributed by atoms with E-state index >= 15 is 0 Å². The second kappa shape index (κ2) is 5.89. The first-order valence-electron chi connectivity index (χ1n) is 8.53. The van der Waals surface area contributed by atoms with Gasteiger partial charge in [0, 0.05) is 10.1 Å². The summed E-state index contributed by atoms with van der Waals surface area (Å²) in [4.78, 5) is 33.0. The molecule has 6 heteroatoms. The predicted octanol–water partition coefficient (Wildman–Crippen LogP) is 3.94. The molecule has 0 spiro atoms. The summed E-state index contributed by atoms with van der Waals surface area (Å²) in [6.45, 7) is 1.71. The summed E-state index contributed by atoms with van der Waals surface area (Å²) >= 11 is 1.17. The Balaban J connectivity index is 1.93. The monoisotopic (exact) mass is 374 g/mol. The van der Waals surface area contributed by atoms with E-state index in [4.69, 9.17) is 4.74 Å². The highest BCUT2D eigenvalue weighted by Crippen LogP contribution is 2.46. The van der Waals surface area contributed by atoms with Crippen LogP contribution in [0.25, 0.3) is 10.1 Å². The first kappa shape index (κ1) is 16.0. The highest BCUT2D eigenvalue weighted by Gasteiger charge is 2.36. The molecule has 0 saturated carbocycles. The molecule has 0 fully saturated rings. The van der Waals surface area contributed by atoms with E-state index in [0.29, 0.717) is 22.7 Å². The molecule has 0 saturated heterocycles. The molecule has 1 atom stereocenters. The summed E-state index contributed by atoms with van der Waals surface area (Å²) in [5.74, 6) is 0.709. The predicted molar refractivity (Wildman–Crippen MR) is 105 cm³/mol. The van der Waals surface area contributed by atoms with Crippen molar-refractivity contribution in [2.24, 2.45) is 0 Å². The Hall–Kier alpha value is -3.25. The zero-order valence-corrected chi connectivity index (χ0v) is 15.2. The van der Waals surface area contributed by atoms with Gasteiger partial charge in [0.25, 0.3) is 5.56 Å². The van der Waals surface area contributed by atoms with Crippen molar-refractivity contribution >= 4 is 21.4 Å². The van der Waals surface area contributed by atoms with Crippen LogP contribution >= 0.6 is 11.3 Å². The molecule has 0 unspecified atom stereocenters. The molecule has 0 aliphatic carbocycles. The summed E-state index contributed by atoms with van der Waals surface area (Å²) in [5.41, 5.74) is 1.45. The molecule has 1 N–H and O–H groups in total. The van der Waals surface area contributed by atoms with Crippen LogP contribution in [0, 0.1) is 6.92 Å². The lowest BCUT2D eigenvalue weighted by Crippen LogP contribution is -2.28. The normalized spacial score (nSPS) is 15.1. The van der Waals surface area contributed by atoms with Gasteiger partial charge in [0.1, 0.15) is 11.6 Å². The van der Waals surface area contributed by atoms with Gasteiger partial charge in [-0.3, -0.25) is 9.59 Å². The van der Waals surface area contributed by atoms with Crippen molar-refractivity contribution in [1.29, 1.82) is 0 Å². The number of benzene rings is 2. The Bertz CT molecular complexity index is 1310. The quantitative estimate of drug-likeness (QED) is 0.482. The van der Waals surface area contributed by atoms with Crippen molar-refractivity contribution in [1.82, 2.24) is 9.97 Å². The number of nitrogens with one attached hydrogen (secondary N) is 1. The smallest absolute Gasteiger partial charge is 0.258 e. The minimum atomic E-state index is -0.518. The Morgan fingerprint density at radius 2 is 1.74 bits per heavy atom. The average molecular weight is 374 g/mol. The summed E-state index contributed by atoms with van der Waals surface area (Å²) in [6.07, 6.45) is 0. The number of fused-ring (bicyclic) bond motifs is 4. The Labute approximate surface area is 157 Å². The number of hydrogen-bond donors (Lipinski definition) is 1. The van der Waals surface area contributed by atoms with Gasteiger partial charge in [-0.05, 0) is 24.6 Å². The number of aromatic amines is 1. The van der Waals surface area contributed by atoms with Gasteiger partial charge in [-0.2, -0.15) is 4.98 Å². The summed E-state index contributed by atoms with van der Waals surface area (Å²) in [6, 6.07) is 17.2. The lowest BCUT2D eigenvalue weighted by molar-refractivity contribution is 0.433. The van der Waals surface area contributed by atoms with Crippen LogP contribution in [0.15, 0.2) is 64.2 Å². The number of rotatable bonds is 1. The SMILES string of the molecule is Cc1nc2c(c(=O)[nH]1)[C@H](c1ccccc1)c1c(c3ccccc3sc1=O)O2. The fourth-order valence-electron chi connectivity index (χ4n) is 3.62. The zero-order chi connectivity index (χ0) is 18.5. The fraction of sp³-hybridized carbons (Fsp3) is 0.0952. The standard InChI is InChI=1S/C21H14N2O3S/c1-11-22-19(24)17-15(12-7-3-2-4-8-12)16-18(26-20(17)23-11)13-9-5-6-10-14(13)27-21(16)25/h2-10,15H,1H3,(H,22,23,24)/t15-/m1/s1. The minimum absolute atomic E-state index is 0.108. The summed E-state index contributed by atoms with van der Waals surface area (Å²) < 4.78 is 6.80. The van der Waals surface area contributed by atoms with Gasteiger partial charge < -0.3 is 9.72 Å². The van der Waals surface area contributed by atoms with Crippen LogP contribution in [-0.2, 0) is 0 Å². The molecule has 27 heavy (non-hydrogen) atoms. The number of ether oxygens (including phenoxy) is 1. The molecule has 1 aliphatic rings. The number of hydrogen-bond acceptors (Lipinski definition) is 5. The van der Waals surface area contributed by atoms with Crippen LogP contribution < -0.4 is 15.0 Å². The number of aryl methyl sites for hydroxylation is 1. The first-order chi connectivity index (χ1) is 13.1. The van der Waals surface area contributed by atoms with Gasteiger partial charge in [0.2, 0.25) is 10.6 Å². The third-order valence-electron chi connectivity index (χ3n) is 4.75. The molecule has 0 radical (unpaired) electrons. The van der Waals surface area contributed by atoms with Crippen LogP contribution in [0.5, 0.6) is 11.6 Å². The van der Waals surface area contributed by atoms with Crippen molar-refractivity contribution in [2.45, 2.75) is 12.8 Å². The maximum Gasteiger partial charge on any atom is 0.258 e. The second-order valence-electron chi connectivity index (χ2n) is 6.44. The Morgan fingerprint density at radius 3 is 2.56 bits per heavy atom. The zero-order valence-electron chi connectivity index (χ0n) is 14.4. The molecule has 5 rings (SSSR count). The maximum atomic E-state index is 13.1. The molecule has 2 aromatic heterocycles. The molecule has 4 aromatic rings. The average Bonchev–Trinajstić information content (AvgIpc) is 2.67. The van der Waals surface area contributed by atoms with Crippen LogP contribution in [0.1, 0.15) is 28.4 Å². The van der Waals surface area contributed by atoms with E-state index < -0.39 is 5.92 Å². The number of aromatic nitrogens is 2. The lowest BCUT2D eigenvalue weighted by Gasteiger charge is -2.27. The minimum Gasteiger partial charge on any atom is -0.437 e. The second-order valence-corrected chi connectivity index (χ2v) is 7.46. The molecule has 1 aliphatic heterocycles. The van der Waals surface area contributed by atoms with Crippen LogP contribution in [-0.4, -0.2) is 9.97 Å². The van der Waals surface area contributed by atoms with Crippen molar-refractivity contribution in [2.75, 3.05) is 0 Å². The third-order valence-corrected chi connectivity index (χ3v) is 5.73. The van der Waals surface area contributed by atoms with Crippen molar-refractivity contribution in [3.8, 4) is 11.6 Å². The molecular formula is C21H14N2O3S. The molecule has 0 bridgehead atoms. The third kappa shape index (κ3) is 2.41. The van der Waals surface area contributed by atoms with Crippen molar-refractivity contribution < 1.29 is 4.74 Å². The molecule has 132 valence electrons. The Morgan fingerprint density at radius 1 is 1.00 bits per heavy atom. The number of nitrogens with zero attached hydrogens (tertiary/aromatic N) is 1. The van der Waals surface area contributed by atoms with E-state index in [1.54, 1.807) is 6.92 Å². The van der Waals surface area contributed by atoms with Crippen LogP contribution in [0.2, 0.25) is 0 Å². The van der Waals surface area contributed by atoms with E-state index in [9.17, 15) is 9.59 Å². The fourth-order valence-corrected chi connectivity index (χ4v) is 4.55. The number of H-pyrrole nitrogens is 1. The summed E-state index contributed by atoms with van der Waals surface area (Å²) in [7, 11) is 0. The lowest BCUT2D eigenvalue weighted by atomic mass is 9.85. The molecular weight excluding hydrogens is 360 g/mol. The van der Waals surface area contributed by atoms with E-state index in [0.717, 1.165) is 15.6 Å². The van der Waals surface area contributed by atoms with Gasteiger partial charge in [0.15, 0.2) is 0 Å². The van der Waals surface area contributed by atoms with Crippen LogP contribution in [0.3, 0.4) is 0 Å². The van der Waals surface area contributed by atoms with Gasteiger partial charge >= 0.3 is 0 Å². The van der Waals surface area contributed by atoms with Gasteiger partial charge in [-0.15, -0.1) is 0 Å². The largest absolute Gasteiger partial charge is 0.437 e. The molecule has 3 heterocycles. The first-order valence-corrected chi connectivity index (χ1v) is 9.34. The van der Waals surface area contributed by atoms with Crippen LogP contribution in [0.4, 0.5) is 0 Å². The van der Waals surface area contributed by atoms with Gasteiger partial charge in [-0.25, -0.2) is 0 Å².